The molecule has 1 aliphatic rings. The molecule has 0 radical (unpaired) electrons. The monoisotopic (exact) mass is 276 g/mol. The summed E-state index contributed by atoms with van der Waals surface area (Å²) in [5.74, 6) is -0.506. The molecule has 1 aromatic rings. The number of carboxylic acids is 1. The van der Waals surface area contributed by atoms with Gasteiger partial charge in [0.25, 0.3) is 0 Å². The number of carboxylic acid groups (broad SMARTS) is 1. The van der Waals surface area contributed by atoms with Crippen molar-refractivity contribution in [3.63, 3.8) is 0 Å². The lowest BCUT2D eigenvalue weighted by Gasteiger charge is -2.22. The minimum Gasteiger partial charge on any atom is -0.481 e. The van der Waals surface area contributed by atoms with E-state index < -0.39 is 10.9 Å². The Labute approximate surface area is 114 Å². The molecule has 0 spiro atoms. The summed E-state index contributed by atoms with van der Waals surface area (Å²) in [7, 11) is 0. The van der Waals surface area contributed by atoms with E-state index in [0.717, 1.165) is 12.8 Å². The molecule has 0 amide bonds. The Bertz CT molecular complexity index is 592. The second-order valence-electron chi connectivity index (χ2n) is 4.47. The summed E-state index contributed by atoms with van der Waals surface area (Å²) in [6.45, 7) is 0.273. The zero-order valence-corrected chi connectivity index (χ0v) is 10.5. The van der Waals surface area contributed by atoms with E-state index in [0.29, 0.717) is 5.82 Å². The van der Waals surface area contributed by atoms with Crippen molar-refractivity contribution in [2.75, 3.05) is 11.4 Å². The Morgan fingerprint density at radius 2 is 2.30 bits per heavy atom. The third-order valence-electron chi connectivity index (χ3n) is 3.01. The van der Waals surface area contributed by atoms with Crippen LogP contribution in [0.15, 0.2) is 12.1 Å². The van der Waals surface area contributed by atoms with Crippen molar-refractivity contribution in [3.05, 3.63) is 27.9 Å². The van der Waals surface area contributed by atoms with Gasteiger partial charge in [0.05, 0.1) is 11.3 Å². The summed E-state index contributed by atoms with van der Waals surface area (Å²) in [6, 6.07) is 4.59. The quantitative estimate of drug-likeness (QED) is 0.614. The van der Waals surface area contributed by atoms with Crippen LogP contribution in [0.1, 0.15) is 25.0 Å². The second kappa shape index (κ2) is 5.52. The topological polar surface area (TPSA) is 120 Å². The van der Waals surface area contributed by atoms with Gasteiger partial charge in [-0.1, -0.05) is 0 Å². The van der Waals surface area contributed by atoms with Gasteiger partial charge in [-0.3, -0.25) is 14.9 Å². The molecule has 20 heavy (non-hydrogen) atoms. The van der Waals surface area contributed by atoms with Gasteiger partial charge in [0.2, 0.25) is 5.69 Å². The van der Waals surface area contributed by atoms with Crippen molar-refractivity contribution in [3.8, 4) is 6.07 Å². The second-order valence-corrected chi connectivity index (χ2v) is 4.47. The van der Waals surface area contributed by atoms with Crippen molar-refractivity contribution < 1.29 is 14.8 Å². The summed E-state index contributed by atoms with van der Waals surface area (Å²) in [5.41, 5.74) is -0.598. The van der Waals surface area contributed by atoms with Crippen LogP contribution in [-0.4, -0.2) is 33.6 Å². The number of aromatic nitrogens is 1. The number of carbonyl (C=O) groups is 1. The molecule has 1 aromatic heterocycles. The number of aliphatic carboxylic acids is 1. The fourth-order valence-electron chi connectivity index (χ4n) is 1.92. The third-order valence-corrected chi connectivity index (χ3v) is 3.01. The molecule has 0 aromatic carbocycles. The molecule has 8 nitrogen and oxygen atoms in total. The normalized spacial score (nSPS) is 13.6. The number of pyridine rings is 1. The first-order valence-corrected chi connectivity index (χ1v) is 6.07. The first-order valence-electron chi connectivity index (χ1n) is 6.07. The van der Waals surface area contributed by atoms with E-state index in [2.05, 4.69) is 4.98 Å². The largest absolute Gasteiger partial charge is 0.481 e. The lowest BCUT2D eigenvalue weighted by atomic mass is 10.3. The Morgan fingerprint density at radius 1 is 1.60 bits per heavy atom. The Morgan fingerprint density at radius 3 is 2.80 bits per heavy atom. The van der Waals surface area contributed by atoms with E-state index in [1.54, 1.807) is 11.0 Å². The molecule has 0 unspecified atom stereocenters. The fourth-order valence-corrected chi connectivity index (χ4v) is 1.92. The number of nitriles is 1. The molecule has 8 heteroatoms. The third kappa shape index (κ3) is 3.00. The highest BCUT2D eigenvalue weighted by Crippen LogP contribution is 2.32. The molecule has 0 aliphatic heterocycles. The maximum atomic E-state index is 10.7. The highest BCUT2D eigenvalue weighted by atomic mass is 16.6. The van der Waals surface area contributed by atoms with Gasteiger partial charge in [-0.25, -0.2) is 4.98 Å². The van der Waals surface area contributed by atoms with Gasteiger partial charge in [-0.05, 0) is 18.9 Å². The van der Waals surface area contributed by atoms with Crippen molar-refractivity contribution in [1.29, 1.82) is 5.26 Å². The van der Waals surface area contributed by atoms with Crippen LogP contribution < -0.4 is 4.90 Å². The molecule has 1 saturated carbocycles. The summed E-state index contributed by atoms with van der Waals surface area (Å²) in [5, 5.41) is 28.4. The van der Waals surface area contributed by atoms with Gasteiger partial charge in [-0.2, -0.15) is 5.26 Å². The average Bonchev–Trinajstić information content (AvgIpc) is 3.22. The van der Waals surface area contributed by atoms with E-state index in [4.69, 9.17) is 10.4 Å². The minimum atomic E-state index is -0.918. The molecular formula is C12H12N4O4. The Hall–Kier alpha value is -2.69. The summed E-state index contributed by atoms with van der Waals surface area (Å²) in [4.78, 5) is 26.5. The smallest absolute Gasteiger partial charge is 0.305 e. The summed E-state index contributed by atoms with van der Waals surface area (Å²) in [6.07, 6.45) is 1.82. The highest BCUT2D eigenvalue weighted by molar-refractivity contribution is 5.67. The predicted molar refractivity (Wildman–Crippen MR) is 68.2 cm³/mol. The molecule has 2 rings (SSSR count). The zero-order chi connectivity index (χ0) is 14.7. The van der Waals surface area contributed by atoms with E-state index >= 15 is 0 Å². The molecule has 1 N–H and O–H groups in total. The van der Waals surface area contributed by atoms with Crippen LogP contribution in [0.2, 0.25) is 0 Å². The van der Waals surface area contributed by atoms with Gasteiger partial charge >= 0.3 is 11.7 Å². The molecule has 1 heterocycles. The van der Waals surface area contributed by atoms with Crippen molar-refractivity contribution in [1.82, 2.24) is 4.98 Å². The van der Waals surface area contributed by atoms with Gasteiger partial charge in [-0.15, -0.1) is 0 Å². The number of nitro groups is 1. The molecule has 0 bridgehead atoms. The molecule has 1 fully saturated rings. The molecule has 104 valence electrons. The van der Waals surface area contributed by atoms with Gasteiger partial charge in [0.1, 0.15) is 11.9 Å². The van der Waals surface area contributed by atoms with E-state index in [-0.39, 0.29) is 30.4 Å². The van der Waals surface area contributed by atoms with Crippen LogP contribution in [0.5, 0.6) is 0 Å². The van der Waals surface area contributed by atoms with Crippen molar-refractivity contribution in [2.24, 2.45) is 0 Å². The van der Waals surface area contributed by atoms with Crippen molar-refractivity contribution >= 4 is 17.5 Å². The van der Waals surface area contributed by atoms with E-state index in [9.17, 15) is 14.9 Å². The maximum absolute atomic E-state index is 10.7. The molecule has 1 aliphatic carbocycles. The molecule has 0 atom stereocenters. The van der Waals surface area contributed by atoms with Gasteiger partial charge < -0.3 is 10.0 Å². The van der Waals surface area contributed by atoms with Crippen LogP contribution in [0, 0.1) is 21.4 Å². The minimum absolute atomic E-state index is 0.0446. The van der Waals surface area contributed by atoms with Gasteiger partial charge in [0.15, 0.2) is 0 Å². The Kier molecular flexibility index (Phi) is 3.79. The van der Waals surface area contributed by atoms with Crippen molar-refractivity contribution in [2.45, 2.75) is 25.3 Å². The zero-order valence-electron chi connectivity index (χ0n) is 10.5. The molecular weight excluding hydrogens is 264 g/mol. The number of hydrogen-bond donors (Lipinski definition) is 1. The fraction of sp³-hybridized carbons (Fsp3) is 0.417. The number of nitrogens with zero attached hydrogens (tertiary/aromatic N) is 4. The number of hydrogen-bond acceptors (Lipinski definition) is 6. The number of anilines is 1. The summed E-state index contributed by atoms with van der Waals surface area (Å²) < 4.78 is 0. The van der Waals surface area contributed by atoms with Gasteiger partial charge in [0, 0.05) is 18.7 Å². The van der Waals surface area contributed by atoms with Crippen LogP contribution in [0.3, 0.4) is 0 Å². The highest BCUT2D eigenvalue weighted by Gasteiger charge is 2.31. The van der Waals surface area contributed by atoms with Crippen LogP contribution >= 0.6 is 0 Å². The summed E-state index contributed by atoms with van der Waals surface area (Å²) >= 11 is 0. The average molecular weight is 276 g/mol. The van der Waals surface area contributed by atoms with E-state index in [1.807, 2.05) is 0 Å². The SMILES string of the molecule is N#Cc1nc(N(CCC(=O)O)C2CC2)ccc1[N+](=O)[O-]. The van der Waals surface area contributed by atoms with Crippen LogP contribution in [-0.2, 0) is 4.79 Å². The lowest BCUT2D eigenvalue weighted by Crippen LogP contribution is -2.29. The Balaban J connectivity index is 2.27. The maximum Gasteiger partial charge on any atom is 0.305 e. The predicted octanol–water partition coefficient (Wildman–Crippen LogP) is 1.30. The first kappa shape index (κ1) is 13.7. The lowest BCUT2D eigenvalue weighted by molar-refractivity contribution is -0.385. The van der Waals surface area contributed by atoms with Crippen LogP contribution in [0.4, 0.5) is 11.5 Å². The van der Waals surface area contributed by atoms with E-state index in [1.165, 1.54) is 12.1 Å². The number of rotatable bonds is 6. The first-order chi connectivity index (χ1) is 9.52. The standard InChI is InChI=1S/C12H12N4O4/c13-7-9-10(16(19)20)3-4-11(14-9)15(8-1-2-8)6-5-12(17)18/h3-4,8H,1-2,5-6H2,(H,17,18). The van der Waals surface area contributed by atoms with Crippen LogP contribution in [0.25, 0.3) is 0 Å². The molecule has 0 saturated heterocycles.